The minimum absolute atomic E-state index is 0.294. The molecule has 0 unspecified atom stereocenters. The van der Waals surface area contributed by atoms with Gasteiger partial charge >= 0.3 is 0 Å². The number of benzene rings is 1. The van der Waals surface area contributed by atoms with E-state index in [0.717, 1.165) is 36.9 Å². The Kier molecular flexibility index (Phi) is 5.15. The van der Waals surface area contributed by atoms with Crippen LogP contribution in [0.2, 0.25) is 0 Å². The summed E-state index contributed by atoms with van der Waals surface area (Å²) < 4.78 is 7.56. The molecule has 1 aromatic heterocycles. The number of aryl methyl sites for hydroxylation is 1. The molecule has 23 heavy (non-hydrogen) atoms. The van der Waals surface area contributed by atoms with Gasteiger partial charge in [0, 0.05) is 38.2 Å². The SMILES string of the molecule is Cc1cc2n(n1)C[C@@H](CNC[C@@H](O)COc1ccccc1)CN2. The molecule has 0 radical (unpaired) electrons. The molecule has 0 saturated heterocycles. The van der Waals surface area contributed by atoms with Crippen LogP contribution in [0.3, 0.4) is 0 Å². The zero-order chi connectivity index (χ0) is 16.1. The summed E-state index contributed by atoms with van der Waals surface area (Å²) in [4.78, 5) is 0. The molecule has 0 saturated carbocycles. The number of aliphatic hydroxyl groups is 1. The second-order valence-corrected chi connectivity index (χ2v) is 6.04. The summed E-state index contributed by atoms with van der Waals surface area (Å²) in [5, 5.41) is 21.2. The monoisotopic (exact) mass is 316 g/mol. The number of anilines is 1. The third-order valence-electron chi connectivity index (χ3n) is 3.90. The third-order valence-corrected chi connectivity index (χ3v) is 3.90. The normalized spacial score (nSPS) is 18.1. The number of hydrogen-bond donors (Lipinski definition) is 3. The predicted octanol–water partition coefficient (Wildman–Crippen LogP) is 1.26. The molecule has 0 fully saturated rings. The van der Waals surface area contributed by atoms with Crippen molar-refractivity contribution in [2.45, 2.75) is 19.6 Å². The maximum Gasteiger partial charge on any atom is 0.124 e. The highest BCUT2D eigenvalue weighted by atomic mass is 16.5. The first-order valence-electron chi connectivity index (χ1n) is 8.05. The Morgan fingerprint density at radius 3 is 3.09 bits per heavy atom. The lowest BCUT2D eigenvalue weighted by molar-refractivity contribution is 0.105. The van der Waals surface area contributed by atoms with Crippen LogP contribution in [0.1, 0.15) is 5.69 Å². The maximum atomic E-state index is 9.98. The lowest BCUT2D eigenvalue weighted by atomic mass is 10.1. The van der Waals surface area contributed by atoms with Crippen molar-refractivity contribution in [3.63, 3.8) is 0 Å². The van der Waals surface area contributed by atoms with E-state index in [4.69, 9.17) is 4.74 Å². The van der Waals surface area contributed by atoms with E-state index in [1.807, 2.05) is 41.9 Å². The number of rotatable bonds is 7. The summed E-state index contributed by atoms with van der Waals surface area (Å²) in [5.74, 6) is 2.34. The summed E-state index contributed by atoms with van der Waals surface area (Å²) in [5.41, 5.74) is 1.04. The maximum absolute atomic E-state index is 9.98. The summed E-state index contributed by atoms with van der Waals surface area (Å²) >= 11 is 0. The second kappa shape index (κ2) is 7.48. The van der Waals surface area contributed by atoms with Crippen molar-refractivity contribution >= 4 is 5.82 Å². The van der Waals surface area contributed by atoms with E-state index >= 15 is 0 Å². The topological polar surface area (TPSA) is 71.3 Å². The standard InChI is InChI=1S/C17H24N4O2/c1-13-7-17-19-9-14(11-21(17)20-13)8-18-10-15(22)12-23-16-5-3-2-4-6-16/h2-7,14-15,18-19,22H,8-12H2,1H3/t14-,15+/m0/s1. The van der Waals surface area contributed by atoms with E-state index in [1.54, 1.807) is 0 Å². The fourth-order valence-corrected chi connectivity index (χ4v) is 2.74. The van der Waals surface area contributed by atoms with Crippen LogP contribution in [0.4, 0.5) is 5.82 Å². The van der Waals surface area contributed by atoms with Crippen molar-refractivity contribution in [2.24, 2.45) is 5.92 Å². The molecule has 2 atom stereocenters. The quantitative estimate of drug-likeness (QED) is 0.717. The molecular formula is C17H24N4O2. The van der Waals surface area contributed by atoms with Crippen molar-refractivity contribution in [1.29, 1.82) is 0 Å². The Labute approximate surface area is 136 Å². The number of fused-ring (bicyclic) bond motifs is 1. The smallest absolute Gasteiger partial charge is 0.124 e. The Morgan fingerprint density at radius 1 is 1.43 bits per heavy atom. The van der Waals surface area contributed by atoms with E-state index in [1.165, 1.54) is 0 Å². The highest BCUT2D eigenvalue weighted by Gasteiger charge is 2.19. The molecule has 0 amide bonds. The number of nitrogens with zero attached hydrogens (tertiary/aromatic N) is 2. The molecule has 2 heterocycles. The van der Waals surface area contributed by atoms with Gasteiger partial charge in [-0.3, -0.25) is 0 Å². The molecule has 6 nitrogen and oxygen atoms in total. The van der Waals surface area contributed by atoms with Gasteiger partial charge in [0.15, 0.2) is 0 Å². The van der Waals surface area contributed by atoms with Crippen molar-refractivity contribution in [2.75, 3.05) is 31.6 Å². The molecule has 3 rings (SSSR count). The minimum Gasteiger partial charge on any atom is -0.491 e. The summed E-state index contributed by atoms with van der Waals surface area (Å²) in [6.45, 7) is 5.49. The molecule has 1 aliphatic heterocycles. The van der Waals surface area contributed by atoms with Crippen LogP contribution in [0, 0.1) is 12.8 Å². The van der Waals surface area contributed by atoms with Gasteiger partial charge in [-0.15, -0.1) is 0 Å². The summed E-state index contributed by atoms with van der Waals surface area (Å²) in [6.07, 6.45) is -0.519. The van der Waals surface area contributed by atoms with Gasteiger partial charge in [-0.1, -0.05) is 18.2 Å². The Hall–Kier alpha value is -2.05. The second-order valence-electron chi connectivity index (χ2n) is 6.04. The fourth-order valence-electron chi connectivity index (χ4n) is 2.74. The molecule has 1 aromatic carbocycles. The summed E-state index contributed by atoms with van der Waals surface area (Å²) in [6, 6.07) is 11.6. The lowest BCUT2D eigenvalue weighted by Gasteiger charge is -2.25. The lowest BCUT2D eigenvalue weighted by Crippen LogP contribution is -2.39. The average Bonchev–Trinajstić information content (AvgIpc) is 2.93. The first kappa shape index (κ1) is 15.8. The van der Waals surface area contributed by atoms with Crippen LogP contribution in [-0.4, -0.2) is 47.2 Å². The zero-order valence-corrected chi connectivity index (χ0v) is 13.4. The van der Waals surface area contributed by atoms with Gasteiger partial charge in [-0.05, 0) is 19.1 Å². The summed E-state index contributed by atoms with van der Waals surface area (Å²) in [7, 11) is 0. The Bertz CT molecular complexity index is 614. The highest BCUT2D eigenvalue weighted by molar-refractivity contribution is 5.38. The van der Waals surface area contributed by atoms with Crippen LogP contribution >= 0.6 is 0 Å². The van der Waals surface area contributed by atoms with Crippen molar-refractivity contribution < 1.29 is 9.84 Å². The van der Waals surface area contributed by atoms with Gasteiger partial charge in [-0.25, -0.2) is 4.68 Å². The van der Waals surface area contributed by atoms with Crippen molar-refractivity contribution in [3.05, 3.63) is 42.1 Å². The number of nitrogens with one attached hydrogen (secondary N) is 2. The molecule has 0 spiro atoms. The van der Waals surface area contributed by atoms with E-state index in [9.17, 15) is 5.11 Å². The highest BCUT2D eigenvalue weighted by Crippen LogP contribution is 2.17. The van der Waals surface area contributed by atoms with Gasteiger partial charge in [0.25, 0.3) is 0 Å². The van der Waals surface area contributed by atoms with E-state index in [0.29, 0.717) is 19.1 Å². The zero-order valence-electron chi connectivity index (χ0n) is 13.4. The first-order chi connectivity index (χ1) is 11.2. The molecule has 3 N–H and O–H groups in total. The average molecular weight is 316 g/mol. The van der Waals surface area contributed by atoms with E-state index in [-0.39, 0.29) is 0 Å². The first-order valence-corrected chi connectivity index (χ1v) is 8.05. The molecule has 0 aliphatic carbocycles. The molecular weight excluding hydrogens is 292 g/mol. The number of hydrogen-bond acceptors (Lipinski definition) is 5. The number of aromatic nitrogens is 2. The van der Waals surface area contributed by atoms with Gasteiger partial charge in [-0.2, -0.15) is 5.10 Å². The predicted molar refractivity (Wildman–Crippen MR) is 89.8 cm³/mol. The van der Waals surface area contributed by atoms with Crippen LogP contribution < -0.4 is 15.4 Å². The Morgan fingerprint density at radius 2 is 2.26 bits per heavy atom. The molecule has 1 aliphatic rings. The fraction of sp³-hybridized carbons (Fsp3) is 0.471. The van der Waals surface area contributed by atoms with Crippen molar-refractivity contribution in [3.8, 4) is 5.75 Å². The number of aliphatic hydroxyl groups excluding tert-OH is 1. The molecule has 6 heteroatoms. The third kappa shape index (κ3) is 4.46. The molecule has 2 aromatic rings. The van der Waals surface area contributed by atoms with E-state index in [2.05, 4.69) is 21.8 Å². The van der Waals surface area contributed by atoms with Crippen molar-refractivity contribution in [1.82, 2.24) is 15.1 Å². The van der Waals surface area contributed by atoms with Gasteiger partial charge < -0.3 is 20.5 Å². The number of para-hydroxylation sites is 1. The minimum atomic E-state index is -0.519. The molecule has 124 valence electrons. The van der Waals surface area contributed by atoms with Gasteiger partial charge in [0.1, 0.15) is 24.3 Å². The Balaban J connectivity index is 1.35. The van der Waals surface area contributed by atoms with Crippen LogP contribution in [0.5, 0.6) is 5.75 Å². The van der Waals surface area contributed by atoms with Crippen LogP contribution in [0.15, 0.2) is 36.4 Å². The molecule has 0 bridgehead atoms. The van der Waals surface area contributed by atoms with Gasteiger partial charge in [0.2, 0.25) is 0 Å². The van der Waals surface area contributed by atoms with E-state index < -0.39 is 6.10 Å². The largest absolute Gasteiger partial charge is 0.491 e. The number of ether oxygens (including phenoxy) is 1. The van der Waals surface area contributed by atoms with Gasteiger partial charge in [0.05, 0.1) is 5.69 Å². The van der Waals surface area contributed by atoms with Crippen LogP contribution in [-0.2, 0) is 6.54 Å². The van der Waals surface area contributed by atoms with Crippen LogP contribution in [0.25, 0.3) is 0 Å².